The number of methoxy groups -OCH3 is 1. The Hall–Kier alpha value is -1.65. The molecule has 0 saturated carbocycles. The van der Waals surface area contributed by atoms with E-state index in [-0.39, 0.29) is 22.2 Å². The van der Waals surface area contributed by atoms with Gasteiger partial charge in [0.2, 0.25) is 15.9 Å². The van der Waals surface area contributed by atoms with Crippen LogP contribution in [0.1, 0.15) is 30.0 Å². The standard InChI is InChI=1S/C24H30BrClN2O5S/c1-3-8-27-34(30,31)22-6-4-17-12-21(13-18(17)14-22)28(24(29)15-25)16-19-11-20(26)5-7-23(19)33-10-9-32-2/h4-7,11,14,21,27H,3,8-10,12-13,15-16H2,1-2H3. The van der Waals surface area contributed by atoms with E-state index in [2.05, 4.69) is 20.7 Å². The Morgan fingerprint density at radius 3 is 2.65 bits per heavy atom. The van der Waals surface area contributed by atoms with Gasteiger partial charge in [-0.15, -0.1) is 0 Å². The first-order valence-electron chi connectivity index (χ1n) is 11.2. The molecule has 0 radical (unpaired) electrons. The van der Waals surface area contributed by atoms with Crippen molar-refractivity contribution < 1.29 is 22.7 Å². The summed E-state index contributed by atoms with van der Waals surface area (Å²) in [6.45, 7) is 3.47. The minimum Gasteiger partial charge on any atom is -0.491 e. The SMILES string of the molecule is CCCNS(=O)(=O)c1ccc2c(c1)CC(N(Cc1cc(Cl)ccc1OCCOC)C(=O)CBr)C2. The largest absolute Gasteiger partial charge is 0.491 e. The lowest BCUT2D eigenvalue weighted by Gasteiger charge is -2.29. The van der Waals surface area contributed by atoms with Gasteiger partial charge in [-0.25, -0.2) is 13.1 Å². The van der Waals surface area contributed by atoms with Crippen molar-refractivity contribution >= 4 is 43.5 Å². The van der Waals surface area contributed by atoms with Crippen molar-refractivity contribution in [2.45, 2.75) is 43.7 Å². The monoisotopic (exact) mass is 572 g/mol. The predicted molar refractivity (Wildman–Crippen MR) is 136 cm³/mol. The fourth-order valence-electron chi connectivity index (χ4n) is 4.01. The van der Waals surface area contributed by atoms with E-state index in [4.69, 9.17) is 21.1 Å². The highest BCUT2D eigenvalue weighted by molar-refractivity contribution is 9.09. The number of benzene rings is 2. The number of fused-ring (bicyclic) bond motifs is 1. The number of halogens is 2. The molecule has 34 heavy (non-hydrogen) atoms. The van der Waals surface area contributed by atoms with Crippen LogP contribution in [0.25, 0.3) is 0 Å². The number of nitrogens with zero attached hydrogens (tertiary/aromatic N) is 1. The van der Waals surface area contributed by atoms with Crippen LogP contribution in [0.3, 0.4) is 0 Å². The summed E-state index contributed by atoms with van der Waals surface area (Å²) in [5.41, 5.74) is 2.80. The van der Waals surface area contributed by atoms with Crippen molar-refractivity contribution in [3.05, 3.63) is 58.1 Å². The summed E-state index contributed by atoms with van der Waals surface area (Å²) in [6, 6.07) is 10.5. The quantitative estimate of drug-likeness (QED) is 0.307. The van der Waals surface area contributed by atoms with Gasteiger partial charge in [0.05, 0.1) is 16.8 Å². The van der Waals surface area contributed by atoms with Crippen LogP contribution in [0, 0.1) is 0 Å². The molecule has 0 fully saturated rings. The number of sulfonamides is 1. The molecule has 1 aliphatic rings. The molecule has 0 heterocycles. The highest BCUT2D eigenvalue weighted by Crippen LogP contribution is 2.31. The molecule has 1 atom stereocenters. The van der Waals surface area contributed by atoms with Crippen molar-refractivity contribution in [1.29, 1.82) is 0 Å². The Bertz CT molecular complexity index is 1110. The Balaban J connectivity index is 1.83. The zero-order valence-electron chi connectivity index (χ0n) is 19.4. The van der Waals surface area contributed by atoms with Crippen molar-refractivity contribution in [3.63, 3.8) is 0 Å². The van der Waals surface area contributed by atoms with Crippen molar-refractivity contribution in [2.24, 2.45) is 0 Å². The number of hydrogen-bond donors (Lipinski definition) is 1. The molecule has 0 spiro atoms. The summed E-state index contributed by atoms with van der Waals surface area (Å²) < 4.78 is 38.7. The van der Waals surface area contributed by atoms with E-state index < -0.39 is 10.0 Å². The molecule has 0 aromatic heterocycles. The normalized spacial score (nSPS) is 15.2. The second-order valence-corrected chi connectivity index (χ2v) is 10.9. The third-order valence-electron chi connectivity index (χ3n) is 5.72. The Labute approximate surface area is 214 Å². The summed E-state index contributed by atoms with van der Waals surface area (Å²) in [6.07, 6.45) is 1.94. The molecule has 0 aliphatic heterocycles. The highest BCUT2D eigenvalue weighted by atomic mass is 79.9. The van der Waals surface area contributed by atoms with Gasteiger partial charge in [-0.1, -0.05) is 40.5 Å². The minimum absolute atomic E-state index is 0.0573. The van der Waals surface area contributed by atoms with Gasteiger partial charge in [0.1, 0.15) is 12.4 Å². The van der Waals surface area contributed by atoms with Gasteiger partial charge >= 0.3 is 0 Å². The van der Waals surface area contributed by atoms with Crippen molar-refractivity contribution in [3.8, 4) is 5.75 Å². The maximum absolute atomic E-state index is 12.9. The second kappa shape index (κ2) is 12.4. The second-order valence-electron chi connectivity index (χ2n) is 8.14. The van der Waals surface area contributed by atoms with Crippen LogP contribution in [0.15, 0.2) is 41.3 Å². The molecule has 7 nitrogen and oxygen atoms in total. The Kier molecular flexibility index (Phi) is 9.79. The Morgan fingerprint density at radius 2 is 1.94 bits per heavy atom. The molecule has 1 aliphatic carbocycles. The van der Waals surface area contributed by atoms with Gasteiger partial charge in [-0.3, -0.25) is 4.79 Å². The zero-order chi connectivity index (χ0) is 24.7. The summed E-state index contributed by atoms with van der Waals surface area (Å²) >= 11 is 9.55. The van der Waals surface area contributed by atoms with Crippen LogP contribution in [-0.2, 0) is 38.9 Å². The first kappa shape index (κ1) is 26.9. The van der Waals surface area contributed by atoms with E-state index in [9.17, 15) is 13.2 Å². The first-order valence-corrected chi connectivity index (χ1v) is 14.1. The van der Waals surface area contributed by atoms with Gasteiger partial charge in [0.15, 0.2) is 0 Å². The van der Waals surface area contributed by atoms with E-state index in [1.54, 1.807) is 31.4 Å². The number of rotatable bonds is 12. The first-order chi connectivity index (χ1) is 16.3. The summed E-state index contributed by atoms with van der Waals surface area (Å²) in [4.78, 5) is 15.0. The molecule has 186 valence electrons. The fraction of sp³-hybridized carbons (Fsp3) is 0.458. The molecule has 1 N–H and O–H groups in total. The van der Waals surface area contributed by atoms with Crippen molar-refractivity contribution in [1.82, 2.24) is 9.62 Å². The maximum atomic E-state index is 12.9. The van der Waals surface area contributed by atoms with Gasteiger partial charge < -0.3 is 14.4 Å². The maximum Gasteiger partial charge on any atom is 0.240 e. The number of alkyl halides is 1. The van der Waals surface area contributed by atoms with Crippen molar-refractivity contribution in [2.75, 3.05) is 32.2 Å². The van der Waals surface area contributed by atoms with Crippen LogP contribution in [0.4, 0.5) is 0 Å². The molecule has 0 saturated heterocycles. The van der Waals surface area contributed by atoms with E-state index >= 15 is 0 Å². The van der Waals surface area contributed by atoms with Crippen LogP contribution in [0.5, 0.6) is 5.75 Å². The molecule has 3 rings (SSSR count). The Morgan fingerprint density at radius 1 is 1.18 bits per heavy atom. The zero-order valence-corrected chi connectivity index (χ0v) is 22.5. The lowest BCUT2D eigenvalue weighted by Crippen LogP contribution is -2.41. The lowest BCUT2D eigenvalue weighted by atomic mass is 10.1. The third-order valence-corrected chi connectivity index (χ3v) is 7.90. The van der Waals surface area contributed by atoms with Gasteiger partial charge in [0.25, 0.3) is 0 Å². The number of nitrogens with one attached hydrogen (secondary N) is 1. The summed E-state index contributed by atoms with van der Waals surface area (Å²) in [5, 5.41) is 0.741. The molecule has 1 unspecified atom stereocenters. The molecular weight excluding hydrogens is 544 g/mol. The average molecular weight is 574 g/mol. The minimum atomic E-state index is -3.55. The molecule has 0 bridgehead atoms. The van der Waals surface area contributed by atoms with E-state index in [1.165, 1.54) is 0 Å². The van der Waals surface area contributed by atoms with Gasteiger partial charge in [-0.05, 0) is 60.7 Å². The molecule has 2 aromatic carbocycles. The highest BCUT2D eigenvalue weighted by Gasteiger charge is 2.31. The summed E-state index contributed by atoms with van der Waals surface area (Å²) in [7, 11) is -1.94. The lowest BCUT2D eigenvalue weighted by molar-refractivity contribution is -0.131. The van der Waals surface area contributed by atoms with Crippen LogP contribution in [-0.4, -0.2) is 57.5 Å². The predicted octanol–water partition coefficient (Wildman–Crippen LogP) is 3.94. The van der Waals surface area contributed by atoms with Crippen LogP contribution in [0.2, 0.25) is 5.02 Å². The van der Waals surface area contributed by atoms with E-state index in [0.29, 0.717) is 49.9 Å². The number of hydrogen-bond acceptors (Lipinski definition) is 5. The smallest absolute Gasteiger partial charge is 0.240 e. The number of carbonyl (C=O) groups is 1. The third kappa shape index (κ3) is 6.73. The molecule has 1 amide bonds. The fourth-order valence-corrected chi connectivity index (χ4v) is 5.71. The van der Waals surface area contributed by atoms with Crippen LogP contribution < -0.4 is 9.46 Å². The number of carbonyl (C=O) groups excluding carboxylic acids is 1. The average Bonchev–Trinajstić information content (AvgIpc) is 3.25. The van der Waals surface area contributed by atoms with E-state index in [1.807, 2.05) is 24.0 Å². The number of ether oxygens (including phenoxy) is 2. The molecular formula is C24H30BrClN2O5S. The van der Waals surface area contributed by atoms with Gasteiger partial charge in [0, 0.05) is 36.8 Å². The number of amides is 1. The molecule has 2 aromatic rings. The topological polar surface area (TPSA) is 84.9 Å². The van der Waals surface area contributed by atoms with Gasteiger partial charge in [-0.2, -0.15) is 0 Å². The molecule has 10 heteroatoms. The summed E-state index contributed by atoms with van der Waals surface area (Å²) in [5.74, 6) is 0.595. The van der Waals surface area contributed by atoms with Crippen LogP contribution >= 0.6 is 27.5 Å². The van der Waals surface area contributed by atoms with E-state index in [0.717, 1.165) is 23.1 Å².